The van der Waals surface area contributed by atoms with Crippen molar-refractivity contribution in [2.75, 3.05) is 13.1 Å². The van der Waals surface area contributed by atoms with Gasteiger partial charge in [-0.15, -0.1) is 0 Å². The Morgan fingerprint density at radius 2 is 2.07 bits per heavy atom. The minimum Gasteiger partial charge on any atom is -0.739 e. The normalized spacial score (nSPS) is 25.9. The number of amidine groups is 1. The minimum absolute atomic E-state index is 0.340. The molecule has 2 rings (SSSR count). The Balaban J connectivity index is 2.28. The number of rotatable bonds is 2. The van der Waals surface area contributed by atoms with Crippen molar-refractivity contribution < 1.29 is 9.85 Å². The van der Waals surface area contributed by atoms with Crippen molar-refractivity contribution in [3.63, 3.8) is 0 Å². The van der Waals surface area contributed by atoms with Crippen LogP contribution in [0.4, 0.5) is 0 Å². The van der Waals surface area contributed by atoms with E-state index >= 15 is 0 Å². The number of hydrogen-bond donors (Lipinski definition) is 2. The Labute approximate surface area is 88.2 Å². The first-order valence-electron chi connectivity index (χ1n) is 5.45. The molecule has 1 aliphatic heterocycles. The summed E-state index contributed by atoms with van der Waals surface area (Å²) in [6.45, 7) is 1.62. The highest BCUT2D eigenvalue weighted by Crippen LogP contribution is 2.31. The molecule has 0 aromatic rings. The first-order valence-corrected chi connectivity index (χ1v) is 5.45. The molecule has 0 aromatic carbocycles. The van der Waals surface area contributed by atoms with Crippen LogP contribution in [0, 0.1) is 10.4 Å². The number of hydrogen-bond acceptors (Lipinski definition) is 4. The second-order valence-corrected chi connectivity index (χ2v) is 4.18. The molecule has 1 fully saturated rings. The van der Waals surface area contributed by atoms with Gasteiger partial charge in [-0.2, -0.15) is 0 Å². The van der Waals surface area contributed by atoms with Crippen LogP contribution < -0.4 is 10.3 Å². The quantitative estimate of drug-likeness (QED) is 0.358. The molecule has 0 bridgehead atoms. The van der Waals surface area contributed by atoms with Gasteiger partial charge in [0.15, 0.2) is 0 Å². The fraction of sp³-hybridized carbons (Fsp3) is 0.889. The van der Waals surface area contributed by atoms with E-state index in [9.17, 15) is 10.4 Å². The Bertz CT molecular complexity index is 294. The average molecular weight is 212 g/mol. The van der Waals surface area contributed by atoms with Crippen LogP contribution in [0.15, 0.2) is 5.28 Å². The topological polar surface area (TPSA) is 87.5 Å². The average Bonchev–Trinajstić information content (AvgIpc) is 2.83. The van der Waals surface area contributed by atoms with Crippen LogP contribution in [0.1, 0.15) is 32.1 Å². The van der Waals surface area contributed by atoms with Crippen LogP contribution in [-0.2, 0) is 0 Å². The van der Waals surface area contributed by atoms with E-state index in [0.29, 0.717) is 17.7 Å². The van der Waals surface area contributed by atoms with Crippen molar-refractivity contribution in [3.8, 4) is 0 Å². The summed E-state index contributed by atoms with van der Waals surface area (Å²) < 4.78 is 0. The summed E-state index contributed by atoms with van der Waals surface area (Å²) in [4.78, 5) is 3.49. The lowest BCUT2D eigenvalue weighted by Crippen LogP contribution is -2.77. The zero-order valence-electron chi connectivity index (χ0n) is 8.66. The van der Waals surface area contributed by atoms with E-state index in [1.807, 2.05) is 0 Å². The maximum atomic E-state index is 11.6. The molecule has 15 heavy (non-hydrogen) atoms. The lowest BCUT2D eigenvalue weighted by atomic mass is 9.81. The second kappa shape index (κ2) is 4.04. The monoisotopic (exact) mass is 212 g/mol. The van der Waals surface area contributed by atoms with Gasteiger partial charge in [0, 0.05) is 12.8 Å². The SMILES string of the molecule is [O-]/N=[N+](\[O-])C1(C2=[NH+]CCN2)CCCCC1. The van der Waals surface area contributed by atoms with E-state index in [1.165, 1.54) is 0 Å². The summed E-state index contributed by atoms with van der Waals surface area (Å²) in [5.74, 6) is 0.789. The van der Waals surface area contributed by atoms with Gasteiger partial charge in [0.1, 0.15) is 13.1 Å². The highest BCUT2D eigenvalue weighted by molar-refractivity contribution is 5.86. The van der Waals surface area contributed by atoms with Crippen LogP contribution in [0.2, 0.25) is 0 Å². The molecule has 0 aromatic heterocycles. The van der Waals surface area contributed by atoms with Gasteiger partial charge >= 0.3 is 5.84 Å². The molecule has 0 atom stereocenters. The summed E-state index contributed by atoms with van der Waals surface area (Å²) in [7, 11) is 0. The van der Waals surface area contributed by atoms with Crippen molar-refractivity contribution in [2.24, 2.45) is 5.28 Å². The Morgan fingerprint density at radius 1 is 1.33 bits per heavy atom. The summed E-state index contributed by atoms with van der Waals surface area (Å²) >= 11 is 0. The summed E-state index contributed by atoms with van der Waals surface area (Å²) in [6.07, 6.45) is 4.49. The smallest absolute Gasteiger partial charge is 0.319 e. The first kappa shape index (κ1) is 10.2. The number of nitrogens with zero attached hydrogens (tertiary/aromatic N) is 2. The van der Waals surface area contributed by atoms with E-state index in [0.717, 1.165) is 38.2 Å². The molecule has 1 aliphatic carbocycles. The largest absolute Gasteiger partial charge is 0.739 e. The van der Waals surface area contributed by atoms with Crippen molar-refractivity contribution in [2.45, 2.75) is 37.6 Å². The zero-order chi connectivity index (χ0) is 10.7. The molecule has 0 radical (unpaired) electrons. The standard InChI is InChI=1S/C9H16N4O2/c14-12-13(15)9(4-2-1-3-5-9)8-10-6-7-11-8/h14H,1-7H2,(H,10,11)/b13-12-. The summed E-state index contributed by atoms with van der Waals surface area (Å²) in [5, 5.41) is 27.8. The predicted molar refractivity (Wildman–Crippen MR) is 54.1 cm³/mol. The van der Waals surface area contributed by atoms with Crippen LogP contribution in [-0.4, -0.2) is 29.3 Å². The van der Waals surface area contributed by atoms with E-state index in [-0.39, 0.29) is 0 Å². The van der Waals surface area contributed by atoms with Crippen LogP contribution in [0.5, 0.6) is 0 Å². The van der Waals surface area contributed by atoms with Gasteiger partial charge in [-0.1, -0.05) is 11.3 Å². The zero-order valence-corrected chi connectivity index (χ0v) is 8.66. The van der Waals surface area contributed by atoms with Gasteiger partial charge in [0.2, 0.25) is 0 Å². The lowest BCUT2D eigenvalue weighted by Gasteiger charge is -2.29. The third-order valence-electron chi connectivity index (χ3n) is 3.31. The van der Waals surface area contributed by atoms with Gasteiger partial charge < -0.3 is 10.4 Å². The molecular weight excluding hydrogens is 196 g/mol. The van der Waals surface area contributed by atoms with Crippen molar-refractivity contribution in [3.05, 3.63) is 10.4 Å². The first-order chi connectivity index (χ1) is 7.29. The molecule has 0 saturated heterocycles. The Kier molecular flexibility index (Phi) is 2.75. The third kappa shape index (κ3) is 1.64. The lowest BCUT2D eigenvalue weighted by molar-refractivity contribution is -0.603. The molecule has 2 aliphatic rings. The maximum absolute atomic E-state index is 11.6. The highest BCUT2D eigenvalue weighted by Gasteiger charge is 2.52. The molecule has 2 N–H and O–H groups in total. The van der Waals surface area contributed by atoms with Crippen molar-refractivity contribution in [1.29, 1.82) is 0 Å². The van der Waals surface area contributed by atoms with E-state index < -0.39 is 5.54 Å². The Hall–Kier alpha value is -1.33. The highest BCUT2D eigenvalue weighted by atomic mass is 16.6. The molecule has 1 heterocycles. The van der Waals surface area contributed by atoms with E-state index in [2.05, 4.69) is 15.6 Å². The summed E-state index contributed by atoms with van der Waals surface area (Å²) in [6, 6.07) is 0. The molecule has 84 valence electrons. The van der Waals surface area contributed by atoms with Gasteiger partial charge in [-0.05, 0) is 18.1 Å². The minimum atomic E-state index is -0.740. The molecule has 0 amide bonds. The van der Waals surface area contributed by atoms with E-state index in [4.69, 9.17) is 0 Å². The third-order valence-corrected chi connectivity index (χ3v) is 3.31. The van der Waals surface area contributed by atoms with Gasteiger partial charge in [-0.25, -0.2) is 0 Å². The second-order valence-electron chi connectivity index (χ2n) is 4.18. The number of nitrogens with one attached hydrogen (secondary N) is 2. The van der Waals surface area contributed by atoms with Crippen LogP contribution in [0.3, 0.4) is 0 Å². The fourth-order valence-corrected chi connectivity index (χ4v) is 2.52. The van der Waals surface area contributed by atoms with Gasteiger partial charge in [0.05, 0.1) is 0 Å². The summed E-state index contributed by atoms with van der Waals surface area (Å²) in [5.41, 5.74) is -0.740. The van der Waals surface area contributed by atoms with Crippen molar-refractivity contribution >= 4 is 5.84 Å². The van der Waals surface area contributed by atoms with E-state index in [1.54, 1.807) is 0 Å². The molecule has 6 heteroatoms. The molecule has 1 saturated carbocycles. The van der Waals surface area contributed by atoms with Gasteiger partial charge in [-0.3, -0.25) is 10.3 Å². The van der Waals surface area contributed by atoms with Gasteiger partial charge in [0.25, 0.3) is 5.54 Å². The maximum Gasteiger partial charge on any atom is 0.319 e. The molecule has 0 unspecified atom stereocenters. The molecule has 6 nitrogen and oxygen atoms in total. The fourth-order valence-electron chi connectivity index (χ4n) is 2.52. The molecular formula is C9H16N4O2. The van der Waals surface area contributed by atoms with Crippen LogP contribution >= 0.6 is 0 Å². The predicted octanol–water partition coefficient (Wildman–Crippen LogP) is -0.768. The Morgan fingerprint density at radius 3 is 2.60 bits per heavy atom. The molecule has 0 spiro atoms. The van der Waals surface area contributed by atoms with Crippen molar-refractivity contribution in [1.82, 2.24) is 5.32 Å². The number of hydroxylamine groups is 1. The van der Waals surface area contributed by atoms with Crippen LogP contribution in [0.25, 0.3) is 0 Å².